The van der Waals surface area contributed by atoms with Crippen LogP contribution in [0.3, 0.4) is 0 Å². The molecule has 0 atom stereocenters. The average molecular weight is 349 g/mol. The maximum absolute atomic E-state index is 12.4. The highest BCUT2D eigenvalue weighted by Crippen LogP contribution is 2.28. The second-order valence-electron chi connectivity index (χ2n) is 5.88. The first kappa shape index (κ1) is 16.6. The molecular weight excluding hydrogens is 330 g/mol. The Morgan fingerprint density at radius 2 is 1.88 bits per heavy atom. The Morgan fingerprint density at radius 1 is 1.21 bits per heavy atom. The molecule has 2 heterocycles. The lowest BCUT2D eigenvalue weighted by atomic mass is 9.92. The van der Waals surface area contributed by atoms with E-state index in [1.54, 1.807) is 40.9 Å². The summed E-state index contributed by atoms with van der Waals surface area (Å²) in [4.78, 5) is 37.3. The summed E-state index contributed by atoms with van der Waals surface area (Å²) in [5.41, 5.74) is -0.0867. The minimum atomic E-state index is -1.18. The zero-order valence-electron chi connectivity index (χ0n) is 13.1. The molecule has 0 spiro atoms. The number of amides is 3. The largest absolute Gasteiger partial charge is 0.480 e. The van der Waals surface area contributed by atoms with E-state index >= 15 is 0 Å². The van der Waals surface area contributed by atoms with Gasteiger partial charge in [0.2, 0.25) is 0 Å². The van der Waals surface area contributed by atoms with E-state index in [0.29, 0.717) is 37.2 Å². The molecule has 2 saturated heterocycles. The summed E-state index contributed by atoms with van der Waals surface area (Å²) in [6.07, 6.45) is 0.843. The van der Waals surface area contributed by atoms with Crippen molar-refractivity contribution < 1.29 is 19.5 Å². The third kappa shape index (κ3) is 3.19. The summed E-state index contributed by atoms with van der Waals surface area (Å²) in [6.45, 7) is 1.18. The van der Waals surface area contributed by atoms with E-state index in [9.17, 15) is 19.5 Å². The van der Waals surface area contributed by atoms with Gasteiger partial charge in [0, 0.05) is 24.3 Å². The summed E-state index contributed by atoms with van der Waals surface area (Å²) in [7, 11) is 0. The van der Waals surface area contributed by atoms with Crippen molar-refractivity contribution in [2.75, 3.05) is 29.5 Å². The SMILES string of the molecule is O=C(NC1(C(=O)O)CCSCC1)c1ccc(N2CCNC2=O)cc1. The van der Waals surface area contributed by atoms with Gasteiger partial charge >= 0.3 is 12.0 Å². The Kier molecular flexibility index (Phi) is 4.66. The fourth-order valence-electron chi connectivity index (χ4n) is 2.91. The van der Waals surface area contributed by atoms with Crippen LogP contribution in [0.4, 0.5) is 10.5 Å². The molecule has 24 heavy (non-hydrogen) atoms. The number of rotatable bonds is 4. The van der Waals surface area contributed by atoms with Crippen LogP contribution in [0.1, 0.15) is 23.2 Å². The van der Waals surface area contributed by atoms with Gasteiger partial charge in [-0.1, -0.05) is 0 Å². The van der Waals surface area contributed by atoms with Crippen LogP contribution >= 0.6 is 11.8 Å². The highest BCUT2D eigenvalue weighted by Gasteiger charge is 2.41. The third-order valence-corrected chi connectivity index (χ3v) is 5.39. The first-order chi connectivity index (χ1) is 11.5. The summed E-state index contributed by atoms with van der Waals surface area (Å²) in [6, 6.07) is 6.47. The third-order valence-electron chi connectivity index (χ3n) is 4.41. The highest BCUT2D eigenvalue weighted by molar-refractivity contribution is 7.99. The van der Waals surface area contributed by atoms with Crippen LogP contribution in [0, 0.1) is 0 Å². The van der Waals surface area contributed by atoms with Crippen molar-refractivity contribution in [1.29, 1.82) is 0 Å². The second-order valence-corrected chi connectivity index (χ2v) is 7.11. The number of hydrogen-bond acceptors (Lipinski definition) is 4. The molecule has 0 bridgehead atoms. The van der Waals surface area contributed by atoms with Gasteiger partial charge in [-0.3, -0.25) is 9.69 Å². The van der Waals surface area contributed by atoms with Gasteiger partial charge in [-0.25, -0.2) is 9.59 Å². The monoisotopic (exact) mass is 349 g/mol. The maximum Gasteiger partial charge on any atom is 0.329 e. The normalized spacial score (nSPS) is 19.7. The predicted octanol–water partition coefficient (Wildman–Crippen LogP) is 1.30. The molecule has 7 nitrogen and oxygen atoms in total. The number of urea groups is 1. The van der Waals surface area contributed by atoms with Crippen molar-refractivity contribution >= 4 is 35.4 Å². The van der Waals surface area contributed by atoms with Crippen LogP contribution in [0.15, 0.2) is 24.3 Å². The number of nitrogens with zero attached hydrogens (tertiary/aromatic N) is 1. The Bertz CT molecular complexity index is 656. The van der Waals surface area contributed by atoms with Crippen molar-refractivity contribution in [1.82, 2.24) is 10.6 Å². The van der Waals surface area contributed by atoms with Crippen LogP contribution in [0.5, 0.6) is 0 Å². The molecule has 0 radical (unpaired) electrons. The Labute approximate surface area is 143 Å². The molecule has 8 heteroatoms. The predicted molar refractivity (Wildman–Crippen MR) is 91.6 cm³/mol. The average Bonchev–Trinajstić information content (AvgIpc) is 3.02. The van der Waals surface area contributed by atoms with E-state index in [1.807, 2.05) is 0 Å². The molecule has 3 N–H and O–H groups in total. The molecular formula is C16H19N3O4S. The van der Waals surface area contributed by atoms with E-state index in [-0.39, 0.29) is 6.03 Å². The maximum atomic E-state index is 12.4. The molecule has 1 aromatic carbocycles. The van der Waals surface area contributed by atoms with Crippen LogP contribution < -0.4 is 15.5 Å². The van der Waals surface area contributed by atoms with Gasteiger partial charge in [0.1, 0.15) is 5.54 Å². The molecule has 0 saturated carbocycles. The molecule has 0 unspecified atom stereocenters. The summed E-state index contributed by atoms with van der Waals surface area (Å²) in [5.74, 6) is 0.0498. The molecule has 3 amide bonds. The van der Waals surface area contributed by atoms with Gasteiger partial charge in [0.25, 0.3) is 5.91 Å². The number of nitrogens with one attached hydrogen (secondary N) is 2. The molecule has 0 aliphatic carbocycles. The fourth-order valence-corrected chi connectivity index (χ4v) is 4.10. The van der Waals surface area contributed by atoms with Gasteiger partial charge in [-0.2, -0.15) is 11.8 Å². The Hall–Kier alpha value is -2.22. The molecule has 2 aliphatic rings. The van der Waals surface area contributed by atoms with Gasteiger partial charge in [-0.15, -0.1) is 0 Å². The lowest BCUT2D eigenvalue weighted by molar-refractivity contribution is -0.144. The Balaban J connectivity index is 1.72. The van der Waals surface area contributed by atoms with Crippen molar-refractivity contribution in [2.45, 2.75) is 18.4 Å². The second kappa shape index (κ2) is 6.72. The quantitative estimate of drug-likeness (QED) is 0.761. The van der Waals surface area contributed by atoms with E-state index in [2.05, 4.69) is 10.6 Å². The molecule has 0 aromatic heterocycles. The zero-order valence-corrected chi connectivity index (χ0v) is 13.9. The number of carboxylic acids is 1. The number of thioether (sulfide) groups is 1. The number of carbonyl (C=O) groups excluding carboxylic acids is 2. The number of aliphatic carboxylic acids is 1. The molecule has 1 aromatic rings. The molecule has 2 aliphatic heterocycles. The first-order valence-electron chi connectivity index (χ1n) is 7.81. The topological polar surface area (TPSA) is 98.7 Å². The number of benzene rings is 1. The Morgan fingerprint density at radius 3 is 2.42 bits per heavy atom. The molecule has 128 valence electrons. The van der Waals surface area contributed by atoms with Crippen molar-refractivity contribution in [3.8, 4) is 0 Å². The number of carboxylic acid groups (broad SMARTS) is 1. The number of carbonyl (C=O) groups is 3. The van der Waals surface area contributed by atoms with Gasteiger partial charge in [0.05, 0.1) is 0 Å². The summed E-state index contributed by atoms with van der Waals surface area (Å²) >= 11 is 1.70. The van der Waals surface area contributed by atoms with E-state index in [4.69, 9.17) is 0 Å². The fraction of sp³-hybridized carbons (Fsp3) is 0.438. The molecule has 2 fully saturated rings. The number of anilines is 1. The highest BCUT2D eigenvalue weighted by atomic mass is 32.2. The van der Waals surface area contributed by atoms with Gasteiger partial charge < -0.3 is 15.7 Å². The number of hydrogen-bond donors (Lipinski definition) is 3. The van der Waals surface area contributed by atoms with Crippen molar-refractivity contribution in [3.63, 3.8) is 0 Å². The summed E-state index contributed by atoms with van der Waals surface area (Å²) in [5, 5.41) is 14.9. The van der Waals surface area contributed by atoms with Gasteiger partial charge in [-0.05, 0) is 48.6 Å². The standard InChI is InChI=1S/C16H19N3O4S/c20-13(18-16(14(21)22)5-9-24-10-6-16)11-1-3-12(4-2-11)19-8-7-17-15(19)23/h1-4H,5-10H2,(H,17,23)(H,18,20)(H,21,22). The van der Waals surface area contributed by atoms with E-state index in [0.717, 1.165) is 11.5 Å². The van der Waals surface area contributed by atoms with E-state index in [1.165, 1.54) is 0 Å². The van der Waals surface area contributed by atoms with Crippen LogP contribution in [-0.4, -0.2) is 53.1 Å². The van der Waals surface area contributed by atoms with Crippen molar-refractivity contribution in [2.24, 2.45) is 0 Å². The minimum Gasteiger partial charge on any atom is -0.480 e. The smallest absolute Gasteiger partial charge is 0.329 e. The minimum absolute atomic E-state index is 0.156. The van der Waals surface area contributed by atoms with Gasteiger partial charge in [0.15, 0.2) is 0 Å². The van der Waals surface area contributed by atoms with Crippen LogP contribution in [0.25, 0.3) is 0 Å². The first-order valence-corrected chi connectivity index (χ1v) is 8.96. The molecule has 3 rings (SSSR count). The zero-order chi connectivity index (χ0) is 17.2. The lowest BCUT2D eigenvalue weighted by Crippen LogP contribution is -2.56. The van der Waals surface area contributed by atoms with E-state index < -0.39 is 17.4 Å². The lowest BCUT2D eigenvalue weighted by Gasteiger charge is -2.33. The van der Waals surface area contributed by atoms with Crippen LogP contribution in [-0.2, 0) is 4.79 Å². The van der Waals surface area contributed by atoms with Crippen molar-refractivity contribution in [3.05, 3.63) is 29.8 Å². The summed E-state index contributed by atoms with van der Waals surface area (Å²) < 4.78 is 0. The van der Waals surface area contributed by atoms with Crippen LogP contribution in [0.2, 0.25) is 0 Å².